The number of aromatic nitrogens is 1. The van der Waals surface area contributed by atoms with Crippen LogP contribution in [0, 0.1) is 0 Å². The quantitative estimate of drug-likeness (QED) is 0.429. The Hall–Kier alpha value is -3.00. The van der Waals surface area contributed by atoms with Crippen molar-refractivity contribution in [2.24, 2.45) is 0 Å². The van der Waals surface area contributed by atoms with Crippen LogP contribution in [0.3, 0.4) is 0 Å². The summed E-state index contributed by atoms with van der Waals surface area (Å²) in [4.78, 5) is 43.1. The average Bonchev–Trinajstić information content (AvgIpc) is 3.52. The van der Waals surface area contributed by atoms with Crippen molar-refractivity contribution in [2.45, 2.75) is 11.3 Å². The van der Waals surface area contributed by atoms with Crippen molar-refractivity contribution in [2.75, 3.05) is 16.6 Å². The molecule has 1 aliphatic rings. The third-order valence-corrected chi connectivity index (χ3v) is 8.25. The maximum Gasteiger partial charge on any atom is 0.293 e. The van der Waals surface area contributed by atoms with E-state index in [-0.39, 0.29) is 23.0 Å². The number of benzene rings is 1. The lowest BCUT2D eigenvalue weighted by Crippen LogP contribution is -2.31. The normalized spacial score (nSPS) is 15.3. The zero-order chi connectivity index (χ0) is 23.4. The van der Waals surface area contributed by atoms with Crippen LogP contribution in [-0.4, -0.2) is 41.9 Å². The number of anilines is 2. The zero-order valence-electron chi connectivity index (χ0n) is 16.8. The minimum Gasteiger partial charge on any atom is -0.326 e. The topological polar surface area (TPSA) is 126 Å². The summed E-state index contributed by atoms with van der Waals surface area (Å²) >= 11 is 3.46. The first-order valence-corrected chi connectivity index (χ1v) is 13.5. The fourth-order valence-corrected chi connectivity index (χ4v) is 6.17. The van der Waals surface area contributed by atoms with Gasteiger partial charge in [-0.05, 0) is 53.5 Å². The van der Waals surface area contributed by atoms with Gasteiger partial charge in [-0.1, -0.05) is 6.07 Å². The van der Waals surface area contributed by atoms with Gasteiger partial charge in [0.15, 0.2) is 5.13 Å². The standard InChI is InChI=1S/C20H16N4O5S4/c25-17(7-9-24-18(26)16(32-20(24)27)12-14-2-1-10-30-14)22-13-3-5-15(6-4-13)33(28,29)23-19-21-8-11-31-19/h1-6,8,10-12H,7,9H2,(H,21,23)(H,22,25)/b16-12+. The number of amides is 3. The molecule has 33 heavy (non-hydrogen) atoms. The molecule has 1 aromatic carbocycles. The molecule has 2 N–H and O–H groups in total. The SMILES string of the molecule is O=C(CCN1C(=O)S/C(=C/c2cccs2)C1=O)Nc1ccc(S(=O)(=O)Nc2nccs2)cc1. The van der Waals surface area contributed by atoms with E-state index in [1.807, 2.05) is 17.5 Å². The van der Waals surface area contributed by atoms with E-state index in [0.717, 1.165) is 32.9 Å². The van der Waals surface area contributed by atoms with Gasteiger partial charge in [0.2, 0.25) is 5.91 Å². The van der Waals surface area contributed by atoms with Crippen molar-refractivity contribution in [3.05, 3.63) is 63.1 Å². The van der Waals surface area contributed by atoms with Crippen molar-refractivity contribution in [3.8, 4) is 0 Å². The molecule has 9 nitrogen and oxygen atoms in total. The molecule has 3 heterocycles. The second-order valence-corrected chi connectivity index (χ2v) is 11.2. The van der Waals surface area contributed by atoms with Gasteiger partial charge < -0.3 is 5.32 Å². The number of hydrogen-bond acceptors (Lipinski definition) is 9. The van der Waals surface area contributed by atoms with Crippen LogP contribution in [0.15, 0.2) is 63.2 Å². The second kappa shape index (κ2) is 9.87. The van der Waals surface area contributed by atoms with Gasteiger partial charge in [-0.15, -0.1) is 22.7 Å². The summed E-state index contributed by atoms with van der Waals surface area (Å²) in [5.41, 5.74) is 0.389. The van der Waals surface area contributed by atoms with Gasteiger partial charge in [0.1, 0.15) is 0 Å². The Labute approximate surface area is 201 Å². The van der Waals surface area contributed by atoms with Crippen LogP contribution in [0.2, 0.25) is 0 Å². The Morgan fingerprint density at radius 1 is 1.09 bits per heavy atom. The number of imide groups is 1. The van der Waals surface area contributed by atoms with E-state index in [2.05, 4.69) is 15.0 Å². The number of hydrogen-bond donors (Lipinski definition) is 2. The highest BCUT2D eigenvalue weighted by atomic mass is 32.2. The Kier molecular flexibility index (Phi) is 6.93. The summed E-state index contributed by atoms with van der Waals surface area (Å²) in [7, 11) is -3.79. The molecule has 3 amide bonds. The molecule has 0 aliphatic carbocycles. The zero-order valence-corrected chi connectivity index (χ0v) is 20.0. The number of carbonyl (C=O) groups is 3. The van der Waals surface area contributed by atoms with Crippen molar-refractivity contribution in [1.82, 2.24) is 9.88 Å². The minimum absolute atomic E-state index is 0.0195. The Balaban J connectivity index is 1.32. The average molecular weight is 521 g/mol. The molecule has 3 aromatic rings. The highest BCUT2D eigenvalue weighted by Crippen LogP contribution is 2.33. The van der Waals surface area contributed by atoms with Gasteiger partial charge in [-0.2, -0.15) is 0 Å². The molecule has 0 saturated carbocycles. The Morgan fingerprint density at radius 2 is 1.88 bits per heavy atom. The van der Waals surface area contributed by atoms with E-state index in [1.54, 1.807) is 11.5 Å². The summed E-state index contributed by atoms with van der Waals surface area (Å²) in [6.07, 6.45) is 3.06. The van der Waals surface area contributed by atoms with Crippen LogP contribution in [0.1, 0.15) is 11.3 Å². The highest BCUT2D eigenvalue weighted by Gasteiger charge is 2.35. The van der Waals surface area contributed by atoms with Crippen LogP contribution in [0.4, 0.5) is 15.6 Å². The van der Waals surface area contributed by atoms with E-state index >= 15 is 0 Å². The molecule has 13 heteroatoms. The number of thiazole rings is 1. The maximum atomic E-state index is 12.5. The van der Waals surface area contributed by atoms with Gasteiger partial charge >= 0.3 is 0 Å². The van der Waals surface area contributed by atoms with Crippen LogP contribution >= 0.6 is 34.4 Å². The predicted molar refractivity (Wildman–Crippen MR) is 130 cm³/mol. The molecule has 0 spiro atoms. The van der Waals surface area contributed by atoms with Crippen LogP contribution in [-0.2, 0) is 19.6 Å². The molecule has 4 rings (SSSR count). The minimum atomic E-state index is -3.79. The molecule has 1 aliphatic heterocycles. The maximum absolute atomic E-state index is 12.5. The number of thioether (sulfide) groups is 1. The van der Waals surface area contributed by atoms with E-state index < -0.39 is 27.1 Å². The van der Waals surface area contributed by atoms with E-state index in [1.165, 1.54) is 41.8 Å². The van der Waals surface area contributed by atoms with Gasteiger partial charge in [-0.3, -0.25) is 24.0 Å². The fourth-order valence-electron chi connectivity index (χ4n) is 2.80. The highest BCUT2D eigenvalue weighted by molar-refractivity contribution is 8.18. The first kappa shape index (κ1) is 23.2. The van der Waals surface area contributed by atoms with Crippen molar-refractivity contribution < 1.29 is 22.8 Å². The second-order valence-electron chi connectivity index (χ2n) is 6.61. The summed E-state index contributed by atoms with van der Waals surface area (Å²) in [5, 5.41) is 6.00. The molecule has 0 radical (unpaired) electrons. The number of carbonyl (C=O) groups excluding carboxylic acids is 3. The van der Waals surface area contributed by atoms with Crippen molar-refractivity contribution in [1.29, 1.82) is 0 Å². The lowest BCUT2D eigenvalue weighted by molar-refractivity contribution is -0.123. The molecular formula is C20H16N4O5S4. The van der Waals surface area contributed by atoms with Gasteiger partial charge in [0.05, 0.1) is 9.80 Å². The monoisotopic (exact) mass is 520 g/mol. The molecule has 2 aromatic heterocycles. The molecule has 1 fully saturated rings. The van der Waals surface area contributed by atoms with E-state index in [9.17, 15) is 22.8 Å². The summed E-state index contributed by atoms with van der Waals surface area (Å²) in [5.74, 6) is -0.832. The van der Waals surface area contributed by atoms with E-state index in [4.69, 9.17) is 0 Å². The Bertz CT molecular complexity index is 1300. The molecule has 1 saturated heterocycles. The third-order valence-electron chi connectivity index (χ3n) is 4.35. The van der Waals surface area contributed by atoms with Gasteiger partial charge in [-0.25, -0.2) is 13.4 Å². The third kappa shape index (κ3) is 5.68. The van der Waals surface area contributed by atoms with Gasteiger partial charge in [0.25, 0.3) is 21.2 Å². The number of sulfonamides is 1. The molecule has 0 unspecified atom stereocenters. The molecule has 0 bridgehead atoms. The summed E-state index contributed by atoms with van der Waals surface area (Å²) in [6.45, 7) is -0.0531. The smallest absolute Gasteiger partial charge is 0.293 e. The number of rotatable bonds is 8. The Morgan fingerprint density at radius 3 is 2.55 bits per heavy atom. The van der Waals surface area contributed by atoms with Crippen LogP contribution in [0.5, 0.6) is 0 Å². The van der Waals surface area contributed by atoms with Crippen molar-refractivity contribution >= 4 is 78.4 Å². The largest absolute Gasteiger partial charge is 0.326 e. The van der Waals surface area contributed by atoms with Crippen LogP contribution in [0.25, 0.3) is 6.08 Å². The molecule has 0 atom stereocenters. The van der Waals surface area contributed by atoms with Crippen molar-refractivity contribution in [3.63, 3.8) is 0 Å². The summed E-state index contributed by atoms with van der Waals surface area (Å²) < 4.78 is 27.1. The van der Waals surface area contributed by atoms with Gasteiger partial charge in [0, 0.05) is 35.1 Å². The molecule has 170 valence electrons. The lowest BCUT2D eigenvalue weighted by Gasteiger charge is -2.12. The first-order valence-electron chi connectivity index (χ1n) is 9.43. The number of nitrogens with zero attached hydrogens (tertiary/aromatic N) is 2. The fraction of sp³-hybridized carbons (Fsp3) is 0.100. The van der Waals surface area contributed by atoms with Crippen LogP contribution < -0.4 is 10.0 Å². The number of nitrogens with one attached hydrogen (secondary N) is 2. The lowest BCUT2D eigenvalue weighted by atomic mass is 10.3. The predicted octanol–water partition coefficient (Wildman–Crippen LogP) is 4.07. The first-order chi connectivity index (χ1) is 15.8. The number of thiophene rings is 1. The van der Waals surface area contributed by atoms with E-state index in [0.29, 0.717) is 10.6 Å². The molecular weight excluding hydrogens is 505 g/mol. The summed E-state index contributed by atoms with van der Waals surface area (Å²) in [6, 6.07) is 9.33.